The summed E-state index contributed by atoms with van der Waals surface area (Å²) in [6.07, 6.45) is 7.22. The number of aliphatic hydroxyl groups is 1. The Balaban J connectivity index is 1.67. The van der Waals surface area contributed by atoms with Crippen molar-refractivity contribution in [2.75, 3.05) is 6.61 Å². The van der Waals surface area contributed by atoms with Gasteiger partial charge < -0.3 is 10.4 Å². The molecular formula is C20H24N2O2. The molecule has 3 rings (SSSR count). The third-order valence-electron chi connectivity index (χ3n) is 4.83. The smallest absolute Gasteiger partial charge is 0.253 e. The molecule has 1 heterocycles. The van der Waals surface area contributed by atoms with Gasteiger partial charge in [0.15, 0.2) is 0 Å². The normalized spacial score (nSPS) is 20.6. The van der Waals surface area contributed by atoms with Gasteiger partial charge in [-0.2, -0.15) is 0 Å². The predicted octanol–water partition coefficient (Wildman–Crippen LogP) is 3.34. The van der Waals surface area contributed by atoms with Crippen LogP contribution in [0.1, 0.15) is 41.6 Å². The lowest BCUT2D eigenvalue weighted by molar-refractivity contribution is 0.0913. The van der Waals surface area contributed by atoms with Crippen LogP contribution in [0.15, 0.2) is 42.7 Å². The molecule has 0 aliphatic heterocycles. The Bertz CT molecular complexity index is 689. The van der Waals surface area contributed by atoms with Gasteiger partial charge in [-0.15, -0.1) is 0 Å². The van der Waals surface area contributed by atoms with Crippen LogP contribution in [-0.2, 0) is 0 Å². The first-order valence-electron chi connectivity index (χ1n) is 8.59. The summed E-state index contributed by atoms with van der Waals surface area (Å²) in [5.74, 6) is 0.327. The van der Waals surface area contributed by atoms with E-state index in [0.717, 1.165) is 36.8 Å². The van der Waals surface area contributed by atoms with Crippen molar-refractivity contribution in [2.45, 2.75) is 38.6 Å². The van der Waals surface area contributed by atoms with Crippen LogP contribution in [-0.4, -0.2) is 28.6 Å². The topological polar surface area (TPSA) is 62.2 Å². The monoisotopic (exact) mass is 324 g/mol. The van der Waals surface area contributed by atoms with E-state index in [0.29, 0.717) is 11.5 Å². The number of aliphatic hydroxyl groups excluding tert-OH is 1. The number of carbonyl (C=O) groups excluding carboxylic acids is 1. The fourth-order valence-corrected chi connectivity index (χ4v) is 3.23. The summed E-state index contributed by atoms with van der Waals surface area (Å²) in [5, 5.41) is 12.3. The molecular weight excluding hydrogens is 300 g/mol. The van der Waals surface area contributed by atoms with Gasteiger partial charge in [-0.3, -0.25) is 9.78 Å². The molecule has 0 unspecified atom stereocenters. The lowest BCUT2D eigenvalue weighted by Crippen LogP contribution is -2.38. The van der Waals surface area contributed by atoms with Crippen molar-refractivity contribution in [1.82, 2.24) is 10.3 Å². The molecule has 0 bridgehead atoms. The van der Waals surface area contributed by atoms with Gasteiger partial charge in [-0.25, -0.2) is 0 Å². The van der Waals surface area contributed by atoms with E-state index >= 15 is 0 Å². The van der Waals surface area contributed by atoms with Crippen LogP contribution in [0.5, 0.6) is 0 Å². The molecule has 1 fully saturated rings. The predicted molar refractivity (Wildman–Crippen MR) is 94.7 cm³/mol. The lowest BCUT2D eigenvalue weighted by atomic mass is 9.86. The van der Waals surface area contributed by atoms with Crippen LogP contribution >= 0.6 is 0 Å². The summed E-state index contributed by atoms with van der Waals surface area (Å²) < 4.78 is 0. The minimum absolute atomic E-state index is 0.0658. The van der Waals surface area contributed by atoms with Crippen LogP contribution in [0.25, 0.3) is 11.1 Å². The second-order valence-corrected chi connectivity index (χ2v) is 6.70. The zero-order valence-electron chi connectivity index (χ0n) is 14.0. The summed E-state index contributed by atoms with van der Waals surface area (Å²) in [6, 6.07) is 10.3. The van der Waals surface area contributed by atoms with Gasteiger partial charge in [0.2, 0.25) is 0 Å². The van der Waals surface area contributed by atoms with Gasteiger partial charge in [0, 0.05) is 30.6 Å². The van der Waals surface area contributed by atoms with Crippen LogP contribution < -0.4 is 5.32 Å². The molecule has 1 aliphatic carbocycles. The standard InChI is InChI=1S/C20H24N2O2/c1-14-2-6-16(7-3-14)17-10-18(12-21-11-17)20(24)22-19-8-4-15(13-23)5-9-19/h2-3,6-7,10-12,15,19,23H,4-5,8-9,13H2,1H3,(H,22,24). The van der Waals surface area contributed by atoms with Gasteiger partial charge in [-0.1, -0.05) is 29.8 Å². The Hall–Kier alpha value is -2.20. The number of hydrogen-bond acceptors (Lipinski definition) is 3. The van der Waals surface area contributed by atoms with Crippen molar-refractivity contribution in [3.05, 3.63) is 53.9 Å². The van der Waals surface area contributed by atoms with Crippen molar-refractivity contribution in [1.29, 1.82) is 0 Å². The Morgan fingerprint density at radius 2 is 1.83 bits per heavy atom. The second-order valence-electron chi connectivity index (χ2n) is 6.70. The minimum atomic E-state index is -0.0658. The molecule has 1 saturated carbocycles. The van der Waals surface area contributed by atoms with Crippen LogP contribution in [0.3, 0.4) is 0 Å². The number of aromatic nitrogens is 1. The molecule has 4 heteroatoms. The molecule has 126 valence electrons. The first kappa shape index (κ1) is 16.7. The third-order valence-corrected chi connectivity index (χ3v) is 4.83. The van der Waals surface area contributed by atoms with Crippen LogP contribution in [0.2, 0.25) is 0 Å². The zero-order valence-corrected chi connectivity index (χ0v) is 14.0. The first-order chi connectivity index (χ1) is 11.7. The van der Waals surface area contributed by atoms with Crippen molar-refractivity contribution in [3.8, 4) is 11.1 Å². The minimum Gasteiger partial charge on any atom is -0.396 e. The average molecular weight is 324 g/mol. The van der Waals surface area contributed by atoms with Crippen LogP contribution in [0.4, 0.5) is 0 Å². The quantitative estimate of drug-likeness (QED) is 0.907. The van der Waals surface area contributed by atoms with E-state index in [2.05, 4.69) is 29.4 Å². The molecule has 1 aromatic heterocycles. The number of rotatable bonds is 4. The summed E-state index contributed by atoms with van der Waals surface area (Å²) >= 11 is 0. The largest absolute Gasteiger partial charge is 0.396 e. The average Bonchev–Trinajstić information content (AvgIpc) is 2.63. The summed E-state index contributed by atoms with van der Waals surface area (Å²) in [4.78, 5) is 16.7. The van der Waals surface area contributed by atoms with Crippen molar-refractivity contribution < 1.29 is 9.90 Å². The molecule has 0 radical (unpaired) electrons. The maximum Gasteiger partial charge on any atom is 0.253 e. The Kier molecular flexibility index (Phi) is 5.26. The highest BCUT2D eigenvalue weighted by atomic mass is 16.3. The number of aryl methyl sites for hydroxylation is 1. The van der Waals surface area contributed by atoms with E-state index in [9.17, 15) is 9.90 Å². The van der Waals surface area contributed by atoms with Gasteiger partial charge in [0.1, 0.15) is 0 Å². The van der Waals surface area contributed by atoms with E-state index in [-0.39, 0.29) is 18.6 Å². The number of amides is 1. The Morgan fingerprint density at radius 1 is 1.12 bits per heavy atom. The number of pyridine rings is 1. The molecule has 0 atom stereocenters. The van der Waals surface area contributed by atoms with Crippen LogP contribution in [0, 0.1) is 12.8 Å². The van der Waals surface area contributed by atoms with Gasteiger partial charge in [-0.05, 0) is 50.2 Å². The van der Waals surface area contributed by atoms with E-state index < -0.39 is 0 Å². The number of carbonyl (C=O) groups is 1. The summed E-state index contributed by atoms with van der Waals surface area (Å²) in [7, 11) is 0. The molecule has 24 heavy (non-hydrogen) atoms. The second kappa shape index (κ2) is 7.58. The molecule has 1 aliphatic rings. The maximum absolute atomic E-state index is 12.5. The van der Waals surface area contributed by atoms with Gasteiger partial charge >= 0.3 is 0 Å². The third kappa shape index (κ3) is 4.01. The SMILES string of the molecule is Cc1ccc(-c2cncc(C(=O)NC3CCC(CO)CC3)c2)cc1. The van der Waals surface area contributed by atoms with Gasteiger partial charge in [0.25, 0.3) is 5.91 Å². The molecule has 1 aromatic carbocycles. The van der Waals surface area contributed by atoms with Crippen molar-refractivity contribution in [3.63, 3.8) is 0 Å². The highest BCUT2D eigenvalue weighted by Gasteiger charge is 2.22. The maximum atomic E-state index is 12.5. The molecule has 0 spiro atoms. The lowest BCUT2D eigenvalue weighted by Gasteiger charge is -2.27. The summed E-state index contributed by atoms with van der Waals surface area (Å²) in [6.45, 7) is 2.31. The molecule has 2 aromatic rings. The molecule has 2 N–H and O–H groups in total. The summed E-state index contributed by atoms with van der Waals surface area (Å²) in [5.41, 5.74) is 3.81. The van der Waals surface area contributed by atoms with Crippen molar-refractivity contribution >= 4 is 5.91 Å². The Morgan fingerprint density at radius 3 is 2.50 bits per heavy atom. The Labute approximate surface area is 142 Å². The number of hydrogen-bond donors (Lipinski definition) is 2. The first-order valence-corrected chi connectivity index (χ1v) is 8.59. The highest BCUT2D eigenvalue weighted by molar-refractivity contribution is 5.95. The van der Waals surface area contributed by atoms with E-state index in [1.165, 1.54) is 5.56 Å². The molecule has 4 nitrogen and oxygen atoms in total. The van der Waals surface area contributed by atoms with E-state index in [4.69, 9.17) is 0 Å². The fraction of sp³-hybridized carbons (Fsp3) is 0.400. The van der Waals surface area contributed by atoms with Gasteiger partial charge in [0.05, 0.1) is 5.56 Å². The van der Waals surface area contributed by atoms with E-state index in [1.54, 1.807) is 12.4 Å². The number of nitrogens with zero attached hydrogens (tertiary/aromatic N) is 1. The van der Waals surface area contributed by atoms with E-state index in [1.807, 2.05) is 18.2 Å². The zero-order chi connectivity index (χ0) is 16.9. The number of nitrogens with one attached hydrogen (secondary N) is 1. The fourth-order valence-electron chi connectivity index (χ4n) is 3.23. The highest BCUT2D eigenvalue weighted by Crippen LogP contribution is 2.24. The molecule has 1 amide bonds. The molecule has 0 saturated heterocycles. The number of benzene rings is 1. The van der Waals surface area contributed by atoms with Crippen molar-refractivity contribution in [2.24, 2.45) is 5.92 Å².